The molecule has 5 aromatic heterocycles. The van der Waals surface area contributed by atoms with Crippen molar-refractivity contribution in [2.75, 3.05) is 0 Å². The number of nitrogens with zero attached hydrogens (tertiary/aromatic N) is 7. The predicted molar refractivity (Wildman–Crippen MR) is 341 cm³/mol. The van der Waals surface area contributed by atoms with Crippen molar-refractivity contribution >= 4 is 120 Å². The molecule has 7 nitrogen and oxygen atoms in total. The molecule has 13 aromatic carbocycles. The summed E-state index contributed by atoms with van der Waals surface area (Å²) in [6, 6.07) is 98.7. The van der Waals surface area contributed by atoms with Crippen LogP contribution in [0.4, 0.5) is 0 Å². The normalized spacial score (nSPS) is 12.1. The summed E-state index contributed by atoms with van der Waals surface area (Å²) in [6.07, 6.45) is 0. The zero-order chi connectivity index (χ0) is 53.6. The van der Waals surface area contributed by atoms with Crippen LogP contribution in [0.1, 0.15) is 0 Å². The number of hydrogen-bond donors (Lipinski definition) is 0. The van der Waals surface area contributed by atoms with Gasteiger partial charge in [0.25, 0.3) is 0 Å². The fraction of sp³-hybridized carbons (Fsp3) is 0. The van der Waals surface area contributed by atoms with E-state index in [9.17, 15) is 0 Å². The average Bonchev–Trinajstić information content (AvgIpc) is 2.44. The molecule has 0 aliphatic heterocycles. The highest BCUT2D eigenvalue weighted by molar-refractivity contribution is 6.31. The second kappa shape index (κ2) is 17.2. The van der Waals surface area contributed by atoms with Gasteiger partial charge in [-0.3, -0.25) is 9.13 Å². The highest BCUT2D eigenvalue weighted by atomic mass is 15.3. The lowest BCUT2D eigenvalue weighted by molar-refractivity contribution is 0.895. The maximum absolute atomic E-state index is 5.90. The molecule has 7 heteroatoms. The smallest absolute Gasteiger partial charge is 0.240 e. The second-order valence-corrected chi connectivity index (χ2v) is 21.5. The molecule has 0 radical (unpaired) electrons. The first-order valence-corrected chi connectivity index (χ1v) is 27.9. The first-order valence-electron chi connectivity index (χ1n) is 27.9. The van der Waals surface area contributed by atoms with Crippen LogP contribution in [0.3, 0.4) is 0 Å². The molecule has 82 heavy (non-hydrogen) atoms. The summed E-state index contributed by atoms with van der Waals surface area (Å²) in [4.78, 5) is 17.2. The van der Waals surface area contributed by atoms with Gasteiger partial charge in [-0.1, -0.05) is 237 Å². The standard InChI is InChI=1S/C75H45N7/c1-4-19-46(20-5-1)51-26-18-29-53(45-51)79-65-44-43-58-57-33-16-17-34-64(57)81(70(58)66(65)63-40-37-49-23-12-15-32-56(49)69(63)79)74-76-73(50-24-6-2-7-25-50)77-75(78-74)82-68-55-31-14-11-22-48(55)36-39-60(68)62-42-41-61-59-38-35-47-21-10-13-30-54(47)67(59)80(71(61)72(62)82)52-27-8-3-9-28-52/h1-45H. The van der Waals surface area contributed by atoms with Gasteiger partial charge < -0.3 is 9.13 Å². The Hall–Kier alpha value is -11.2. The number of rotatable bonds is 6. The number of fused-ring (bicyclic) bond motifs is 20. The lowest BCUT2D eigenvalue weighted by Gasteiger charge is -2.15. The summed E-state index contributed by atoms with van der Waals surface area (Å²) in [7, 11) is 0. The topological polar surface area (TPSA) is 58.4 Å². The van der Waals surface area contributed by atoms with E-state index in [0.717, 1.165) is 115 Å². The maximum Gasteiger partial charge on any atom is 0.240 e. The summed E-state index contributed by atoms with van der Waals surface area (Å²) in [5.41, 5.74) is 13.9. The number of aromatic nitrogens is 7. The molecule has 0 saturated carbocycles. The molecule has 0 N–H and O–H groups in total. The Morgan fingerprint density at radius 3 is 1.30 bits per heavy atom. The minimum atomic E-state index is 0.520. The van der Waals surface area contributed by atoms with Crippen molar-refractivity contribution in [3.63, 3.8) is 0 Å². The van der Waals surface area contributed by atoms with Gasteiger partial charge in [0.05, 0.1) is 44.1 Å². The third kappa shape index (κ3) is 6.33. The van der Waals surface area contributed by atoms with Gasteiger partial charge in [-0.15, -0.1) is 0 Å². The Morgan fingerprint density at radius 2 is 0.659 bits per heavy atom. The molecule has 0 bridgehead atoms. The van der Waals surface area contributed by atoms with Crippen molar-refractivity contribution in [1.29, 1.82) is 0 Å². The lowest BCUT2D eigenvalue weighted by Crippen LogP contribution is -2.11. The minimum Gasteiger partial charge on any atom is -0.309 e. The summed E-state index contributed by atoms with van der Waals surface area (Å²) in [5.74, 6) is 1.61. The van der Waals surface area contributed by atoms with Crippen LogP contribution in [0.5, 0.6) is 0 Å². The highest BCUT2D eigenvalue weighted by Gasteiger charge is 2.28. The number of benzene rings is 13. The van der Waals surface area contributed by atoms with E-state index in [1.807, 2.05) is 6.07 Å². The van der Waals surface area contributed by atoms with Crippen LogP contribution in [0.25, 0.3) is 165 Å². The monoisotopic (exact) mass is 1040 g/mol. The van der Waals surface area contributed by atoms with Crippen LogP contribution in [-0.4, -0.2) is 33.2 Å². The third-order valence-corrected chi connectivity index (χ3v) is 17.1. The molecule has 5 heterocycles. The number of hydrogen-bond acceptors (Lipinski definition) is 3. The molecular weight excluding hydrogens is 999 g/mol. The molecule has 0 amide bonds. The predicted octanol–water partition coefficient (Wildman–Crippen LogP) is 19.1. The molecule has 18 rings (SSSR count). The molecule has 0 aliphatic carbocycles. The van der Waals surface area contributed by atoms with Crippen molar-refractivity contribution in [3.8, 4) is 45.8 Å². The van der Waals surface area contributed by atoms with Gasteiger partial charge in [0.2, 0.25) is 11.9 Å². The van der Waals surface area contributed by atoms with Gasteiger partial charge in [0.1, 0.15) is 0 Å². The molecule has 18 aromatic rings. The highest BCUT2D eigenvalue weighted by Crippen LogP contribution is 2.47. The van der Waals surface area contributed by atoms with E-state index in [0.29, 0.717) is 17.7 Å². The van der Waals surface area contributed by atoms with Crippen LogP contribution in [-0.2, 0) is 0 Å². The number of para-hydroxylation sites is 2. The molecule has 0 unspecified atom stereocenters. The first-order chi connectivity index (χ1) is 40.7. The minimum absolute atomic E-state index is 0.520. The lowest BCUT2D eigenvalue weighted by atomic mass is 10.0. The third-order valence-electron chi connectivity index (χ3n) is 17.1. The van der Waals surface area contributed by atoms with Crippen LogP contribution in [0, 0.1) is 0 Å². The Bertz CT molecular complexity index is 5690. The van der Waals surface area contributed by atoms with Crippen LogP contribution in [0.2, 0.25) is 0 Å². The fourth-order valence-corrected chi connectivity index (χ4v) is 13.7. The van der Waals surface area contributed by atoms with Crippen molar-refractivity contribution in [2.24, 2.45) is 0 Å². The largest absolute Gasteiger partial charge is 0.309 e. The zero-order valence-corrected chi connectivity index (χ0v) is 44.1. The Kier molecular flexibility index (Phi) is 9.38. The summed E-state index contributed by atoms with van der Waals surface area (Å²) in [6.45, 7) is 0. The van der Waals surface area contributed by atoms with Gasteiger partial charge in [-0.05, 0) is 63.7 Å². The van der Waals surface area contributed by atoms with E-state index in [1.165, 1.54) is 32.5 Å². The Balaban J connectivity index is 1.02. The molecule has 0 aliphatic rings. The van der Waals surface area contributed by atoms with E-state index in [4.69, 9.17) is 15.0 Å². The van der Waals surface area contributed by atoms with Crippen LogP contribution >= 0.6 is 0 Å². The average molecular weight is 1040 g/mol. The van der Waals surface area contributed by atoms with E-state index in [1.54, 1.807) is 0 Å². The fourth-order valence-electron chi connectivity index (χ4n) is 13.7. The zero-order valence-electron chi connectivity index (χ0n) is 44.1. The van der Waals surface area contributed by atoms with Gasteiger partial charge in [-0.25, -0.2) is 0 Å². The molecule has 0 saturated heterocycles. The summed E-state index contributed by atoms with van der Waals surface area (Å²) >= 11 is 0. The van der Waals surface area contributed by atoms with Gasteiger partial charge in [0.15, 0.2) is 5.82 Å². The van der Waals surface area contributed by atoms with Gasteiger partial charge in [0, 0.05) is 76.2 Å². The van der Waals surface area contributed by atoms with Crippen molar-refractivity contribution in [2.45, 2.75) is 0 Å². The van der Waals surface area contributed by atoms with Crippen LogP contribution in [0.15, 0.2) is 273 Å². The SMILES string of the molecule is c1ccc(-c2cccc(-n3c4ccc5c6ccccc6n(-c6nc(-c7ccccc7)nc(-n7c8c9ccccc9ccc8c8ccc9c%10ccc%11ccccc%11c%10n(-c%10ccccc%10)c9c87)n6)c5c4c4ccc5ccccc5c43)c2)cc1. The quantitative estimate of drug-likeness (QED) is 0.167. The molecule has 0 fully saturated rings. The molecular formula is C75H45N7. The van der Waals surface area contributed by atoms with Crippen molar-refractivity contribution in [3.05, 3.63) is 273 Å². The van der Waals surface area contributed by atoms with Gasteiger partial charge >= 0.3 is 0 Å². The van der Waals surface area contributed by atoms with E-state index >= 15 is 0 Å². The maximum atomic E-state index is 5.90. The summed E-state index contributed by atoms with van der Waals surface area (Å²) in [5, 5.41) is 16.0. The molecule has 0 spiro atoms. The van der Waals surface area contributed by atoms with E-state index in [2.05, 4.69) is 285 Å². The summed E-state index contributed by atoms with van der Waals surface area (Å²) < 4.78 is 9.62. The Morgan fingerprint density at radius 1 is 0.220 bits per heavy atom. The Labute approximate surface area is 469 Å². The molecule has 0 atom stereocenters. The van der Waals surface area contributed by atoms with E-state index < -0.39 is 0 Å². The van der Waals surface area contributed by atoms with Crippen LogP contribution < -0.4 is 0 Å². The van der Waals surface area contributed by atoms with E-state index in [-0.39, 0.29) is 0 Å². The molecule has 380 valence electrons. The van der Waals surface area contributed by atoms with Crippen molar-refractivity contribution < 1.29 is 0 Å². The first kappa shape index (κ1) is 44.8. The second-order valence-electron chi connectivity index (χ2n) is 21.5. The van der Waals surface area contributed by atoms with Gasteiger partial charge in [-0.2, -0.15) is 15.0 Å². The van der Waals surface area contributed by atoms with Crippen molar-refractivity contribution in [1.82, 2.24) is 33.2 Å².